The molecule has 1 aromatic heterocycles. The molecule has 1 fully saturated rings. The Morgan fingerprint density at radius 3 is 2.71 bits per heavy atom. The molecule has 2 atom stereocenters. The number of carbonyl (C=O) groups excluding carboxylic acids is 1. The number of carbonyl (C=O) groups is 1. The van der Waals surface area contributed by atoms with Gasteiger partial charge in [0.25, 0.3) is 5.91 Å². The number of nitrogens with two attached hydrogens (primary N) is 1. The van der Waals surface area contributed by atoms with Crippen molar-refractivity contribution < 1.29 is 9.21 Å². The van der Waals surface area contributed by atoms with Crippen LogP contribution in [0.25, 0.3) is 0 Å². The van der Waals surface area contributed by atoms with Gasteiger partial charge in [-0.15, -0.1) is 0 Å². The van der Waals surface area contributed by atoms with Gasteiger partial charge in [0.1, 0.15) is 6.26 Å². The van der Waals surface area contributed by atoms with E-state index in [1.807, 2.05) is 23.1 Å². The fourth-order valence-electron chi connectivity index (χ4n) is 2.96. The van der Waals surface area contributed by atoms with Crippen LogP contribution in [-0.4, -0.2) is 30.4 Å². The Bertz CT molecular complexity index is 626. The zero-order chi connectivity index (χ0) is 14.8. The van der Waals surface area contributed by atoms with Crippen molar-refractivity contribution in [2.24, 2.45) is 11.7 Å². The summed E-state index contributed by atoms with van der Waals surface area (Å²) in [6.07, 6.45) is 1.49. The van der Waals surface area contributed by atoms with Gasteiger partial charge in [0.2, 0.25) is 0 Å². The molecule has 4 nitrogen and oxygen atoms in total. The minimum absolute atomic E-state index is 0.00123. The molecular weight excluding hydrogens is 332 g/mol. The van der Waals surface area contributed by atoms with Crippen molar-refractivity contribution in [3.63, 3.8) is 0 Å². The van der Waals surface area contributed by atoms with Crippen LogP contribution in [0.5, 0.6) is 0 Å². The smallest absolute Gasteiger partial charge is 0.257 e. The zero-order valence-corrected chi connectivity index (χ0v) is 13.1. The minimum atomic E-state index is 0.00123. The molecule has 0 bridgehead atoms. The van der Waals surface area contributed by atoms with E-state index in [1.165, 1.54) is 11.8 Å². The predicted octanol–water partition coefficient (Wildman–Crippen LogP) is 2.86. The Morgan fingerprint density at radius 1 is 1.33 bits per heavy atom. The van der Waals surface area contributed by atoms with Crippen LogP contribution in [0.15, 0.2) is 51.7 Å². The third kappa shape index (κ3) is 2.89. The van der Waals surface area contributed by atoms with Gasteiger partial charge in [0.15, 0.2) is 4.67 Å². The van der Waals surface area contributed by atoms with E-state index in [2.05, 4.69) is 28.1 Å². The fraction of sp³-hybridized carbons (Fsp3) is 0.312. The summed E-state index contributed by atoms with van der Waals surface area (Å²) >= 11 is 3.23. The first kappa shape index (κ1) is 14.4. The lowest BCUT2D eigenvalue weighted by molar-refractivity contribution is 0.0785. The molecule has 1 aliphatic heterocycles. The Morgan fingerprint density at radius 2 is 2.10 bits per heavy atom. The van der Waals surface area contributed by atoms with Gasteiger partial charge in [-0.1, -0.05) is 30.3 Å². The molecule has 0 aliphatic carbocycles. The zero-order valence-electron chi connectivity index (χ0n) is 11.5. The van der Waals surface area contributed by atoms with Crippen LogP contribution >= 0.6 is 15.9 Å². The number of nitrogens with zero attached hydrogens (tertiary/aromatic N) is 1. The highest BCUT2D eigenvalue weighted by molar-refractivity contribution is 9.10. The highest BCUT2D eigenvalue weighted by atomic mass is 79.9. The van der Waals surface area contributed by atoms with Gasteiger partial charge >= 0.3 is 0 Å². The third-order valence-corrected chi connectivity index (χ3v) is 4.49. The van der Waals surface area contributed by atoms with Crippen molar-refractivity contribution >= 4 is 21.8 Å². The SMILES string of the molecule is NC[C@@H]1CN(C(=O)c2coc(Br)c2)C[C@H]1c1ccccc1. The molecule has 2 heterocycles. The van der Waals surface area contributed by atoms with E-state index >= 15 is 0 Å². The summed E-state index contributed by atoms with van der Waals surface area (Å²) in [6, 6.07) is 12.0. The Labute approximate surface area is 132 Å². The molecule has 0 radical (unpaired) electrons. The molecule has 110 valence electrons. The number of amides is 1. The number of halogens is 1. The summed E-state index contributed by atoms with van der Waals surface area (Å²) in [5.41, 5.74) is 7.72. The maximum absolute atomic E-state index is 12.5. The standard InChI is InChI=1S/C16H17BrN2O2/c17-15-6-12(10-21-15)16(20)19-8-13(7-18)14(9-19)11-4-2-1-3-5-11/h1-6,10,13-14H,7-9,18H2/t13-,14+/m1/s1. The molecule has 2 N–H and O–H groups in total. The van der Waals surface area contributed by atoms with Crippen LogP contribution in [-0.2, 0) is 0 Å². The van der Waals surface area contributed by atoms with Crippen LogP contribution in [0, 0.1) is 5.92 Å². The van der Waals surface area contributed by atoms with Crippen molar-refractivity contribution in [1.82, 2.24) is 4.90 Å². The number of rotatable bonds is 3. The Hall–Kier alpha value is -1.59. The summed E-state index contributed by atoms with van der Waals surface area (Å²) in [4.78, 5) is 14.4. The first-order chi connectivity index (χ1) is 10.2. The number of hydrogen-bond donors (Lipinski definition) is 1. The number of likely N-dealkylation sites (tertiary alicyclic amines) is 1. The fourth-order valence-corrected chi connectivity index (χ4v) is 3.30. The molecule has 0 saturated carbocycles. The third-order valence-electron chi connectivity index (χ3n) is 4.07. The lowest BCUT2D eigenvalue weighted by atomic mass is 9.89. The van der Waals surface area contributed by atoms with Gasteiger partial charge in [-0.2, -0.15) is 0 Å². The first-order valence-corrected chi connectivity index (χ1v) is 7.76. The molecule has 1 saturated heterocycles. The van der Waals surface area contributed by atoms with Crippen LogP contribution < -0.4 is 5.73 Å². The van der Waals surface area contributed by atoms with Crippen LogP contribution in [0.1, 0.15) is 21.8 Å². The highest BCUT2D eigenvalue weighted by Gasteiger charge is 2.35. The Kier molecular flexibility index (Phi) is 4.12. The topological polar surface area (TPSA) is 59.5 Å². The van der Waals surface area contributed by atoms with Gasteiger partial charge in [0, 0.05) is 25.1 Å². The largest absolute Gasteiger partial charge is 0.457 e. The maximum Gasteiger partial charge on any atom is 0.257 e. The van der Waals surface area contributed by atoms with Crippen LogP contribution in [0.4, 0.5) is 0 Å². The summed E-state index contributed by atoms with van der Waals surface area (Å²) in [7, 11) is 0. The number of hydrogen-bond acceptors (Lipinski definition) is 3. The van der Waals surface area contributed by atoms with Crippen molar-refractivity contribution in [2.45, 2.75) is 5.92 Å². The molecule has 0 spiro atoms. The lowest BCUT2D eigenvalue weighted by Gasteiger charge is -2.16. The van der Waals surface area contributed by atoms with Crippen molar-refractivity contribution in [3.05, 3.63) is 58.5 Å². The molecule has 1 amide bonds. The number of furan rings is 1. The monoisotopic (exact) mass is 348 g/mol. The van der Waals surface area contributed by atoms with Gasteiger partial charge in [-0.05, 0) is 34.0 Å². The second kappa shape index (κ2) is 6.03. The molecule has 1 aromatic carbocycles. The van der Waals surface area contributed by atoms with Gasteiger partial charge < -0.3 is 15.1 Å². The summed E-state index contributed by atoms with van der Waals surface area (Å²) < 4.78 is 5.72. The van der Waals surface area contributed by atoms with E-state index in [1.54, 1.807) is 6.07 Å². The van der Waals surface area contributed by atoms with Crippen molar-refractivity contribution in [3.8, 4) is 0 Å². The van der Waals surface area contributed by atoms with Crippen molar-refractivity contribution in [2.75, 3.05) is 19.6 Å². The summed E-state index contributed by atoms with van der Waals surface area (Å²) in [5.74, 6) is 0.600. The van der Waals surface area contributed by atoms with E-state index in [9.17, 15) is 4.79 Å². The second-order valence-electron chi connectivity index (χ2n) is 5.36. The molecule has 0 unspecified atom stereocenters. The predicted molar refractivity (Wildman–Crippen MR) is 84.0 cm³/mol. The number of benzene rings is 1. The molecular formula is C16H17BrN2O2. The Balaban J connectivity index is 1.79. The average molecular weight is 349 g/mol. The van der Waals surface area contributed by atoms with Crippen LogP contribution in [0.3, 0.4) is 0 Å². The van der Waals surface area contributed by atoms with E-state index in [0.29, 0.717) is 41.7 Å². The lowest BCUT2D eigenvalue weighted by Crippen LogP contribution is -2.29. The highest BCUT2D eigenvalue weighted by Crippen LogP contribution is 2.33. The second-order valence-corrected chi connectivity index (χ2v) is 6.14. The summed E-state index contributed by atoms with van der Waals surface area (Å²) in [6.45, 7) is 1.98. The van der Waals surface area contributed by atoms with Gasteiger partial charge in [-0.25, -0.2) is 0 Å². The molecule has 1 aliphatic rings. The first-order valence-electron chi connectivity index (χ1n) is 6.97. The maximum atomic E-state index is 12.5. The van der Waals surface area contributed by atoms with E-state index < -0.39 is 0 Å². The van der Waals surface area contributed by atoms with E-state index in [-0.39, 0.29) is 5.91 Å². The molecule has 3 rings (SSSR count). The van der Waals surface area contributed by atoms with Gasteiger partial charge in [-0.3, -0.25) is 4.79 Å². The normalized spacial score (nSPS) is 21.7. The molecule has 2 aromatic rings. The van der Waals surface area contributed by atoms with E-state index in [0.717, 1.165) is 0 Å². The van der Waals surface area contributed by atoms with Crippen LogP contribution in [0.2, 0.25) is 0 Å². The quantitative estimate of drug-likeness (QED) is 0.927. The molecule has 5 heteroatoms. The molecule has 21 heavy (non-hydrogen) atoms. The van der Waals surface area contributed by atoms with Gasteiger partial charge in [0.05, 0.1) is 5.56 Å². The minimum Gasteiger partial charge on any atom is -0.457 e. The van der Waals surface area contributed by atoms with Crippen molar-refractivity contribution in [1.29, 1.82) is 0 Å². The summed E-state index contributed by atoms with van der Waals surface area (Å²) in [5, 5.41) is 0. The van der Waals surface area contributed by atoms with E-state index in [4.69, 9.17) is 10.2 Å². The average Bonchev–Trinajstić information content (AvgIpc) is 3.13.